The molecule has 0 N–H and O–H groups in total. The van der Waals surface area contributed by atoms with Crippen LogP contribution in [-0.2, 0) is 21.4 Å². The van der Waals surface area contributed by atoms with E-state index in [4.69, 9.17) is 4.74 Å². The molecule has 0 unspecified atom stereocenters. The number of ether oxygens (including phenoxy) is 1. The van der Waals surface area contributed by atoms with Crippen LogP contribution in [0, 0.1) is 12.7 Å². The molecule has 27 heavy (non-hydrogen) atoms. The third-order valence-corrected chi connectivity index (χ3v) is 6.47. The normalized spacial score (nSPS) is 15.5. The molecule has 0 spiro atoms. The molecule has 0 atom stereocenters. The zero-order chi connectivity index (χ0) is 19.4. The summed E-state index contributed by atoms with van der Waals surface area (Å²) in [4.78, 5) is 11.8. The van der Waals surface area contributed by atoms with Crippen molar-refractivity contribution < 1.29 is 22.3 Å². The number of sulfonamides is 1. The topological polar surface area (TPSA) is 63.7 Å². The van der Waals surface area contributed by atoms with Crippen LogP contribution in [0.4, 0.5) is 4.39 Å². The quantitative estimate of drug-likeness (QED) is 0.730. The first-order chi connectivity index (χ1) is 12.9. The summed E-state index contributed by atoms with van der Waals surface area (Å²) < 4.78 is 46.2. The number of piperidine rings is 1. The van der Waals surface area contributed by atoms with E-state index in [2.05, 4.69) is 0 Å². The Morgan fingerprint density at radius 1 is 1.11 bits per heavy atom. The van der Waals surface area contributed by atoms with Crippen molar-refractivity contribution in [2.45, 2.75) is 37.7 Å². The first kappa shape index (κ1) is 19.5. The summed E-state index contributed by atoms with van der Waals surface area (Å²) in [7, 11) is -3.97. The lowest BCUT2D eigenvalue weighted by Crippen LogP contribution is -2.36. The highest BCUT2D eigenvalue weighted by Gasteiger charge is 2.29. The first-order valence-corrected chi connectivity index (χ1v) is 10.3. The Bertz CT molecular complexity index is 937. The van der Waals surface area contributed by atoms with E-state index in [9.17, 15) is 17.6 Å². The highest BCUT2D eigenvalue weighted by atomic mass is 32.2. The van der Waals surface area contributed by atoms with Gasteiger partial charge in [0, 0.05) is 13.1 Å². The Labute approximate surface area is 158 Å². The van der Waals surface area contributed by atoms with E-state index in [1.165, 1.54) is 10.4 Å². The average Bonchev–Trinajstić information content (AvgIpc) is 2.67. The number of rotatable bonds is 5. The summed E-state index contributed by atoms with van der Waals surface area (Å²) in [6.45, 7) is 2.72. The molecule has 1 fully saturated rings. The fraction of sp³-hybridized carbons (Fsp3) is 0.350. The van der Waals surface area contributed by atoms with Gasteiger partial charge in [0.25, 0.3) is 0 Å². The van der Waals surface area contributed by atoms with Gasteiger partial charge in [-0.25, -0.2) is 17.6 Å². The van der Waals surface area contributed by atoms with Gasteiger partial charge in [0.15, 0.2) is 0 Å². The minimum atomic E-state index is -3.97. The number of aryl methyl sites for hydroxylation is 1. The summed E-state index contributed by atoms with van der Waals surface area (Å²) in [5.74, 6) is -1.55. The lowest BCUT2D eigenvalue weighted by molar-refractivity contribution is 0.0472. The van der Waals surface area contributed by atoms with Gasteiger partial charge in [0.1, 0.15) is 17.3 Å². The van der Waals surface area contributed by atoms with Crippen molar-refractivity contribution >= 4 is 16.0 Å². The van der Waals surface area contributed by atoms with Crippen LogP contribution in [0.5, 0.6) is 0 Å². The largest absolute Gasteiger partial charge is 0.457 e. The molecule has 0 aliphatic carbocycles. The fourth-order valence-corrected chi connectivity index (χ4v) is 4.71. The molecule has 0 bridgehead atoms. The molecule has 3 rings (SSSR count). The maximum atomic E-state index is 14.2. The number of carbonyl (C=O) groups is 1. The highest BCUT2D eigenvalue weighted by Crippen LogP contribution is 2.24. The van der Waals surface area contributed by atoms with Gasteiger partial charge in [0.05, 0.1) is 5.56 Å². The van der Waals surface area contributed by atoms with Crippen LogP contribution >= 0.6 is 0 Å². The SMILES string of the molecule is Cc1cccc(COC(=O)c2ccc(F)c(S(=O)(=O)N3CCCCC3)c2)c1. The second kappa shape index (κ2) is 8.19. The van der Waals surface area contributed by atoms with Gasteiger partial charge < -0.3 is 4.74 Å². The van der Waals surface area contributed by atoms with Crippen LogP contribution in [0.25, 0.3) is 0 Å². The van der Waals surface area contributed by atoms with Gasteiger partial charge in [-0.1, -0.05) is 36.2 Å². The Balaban J connectivity index is 1.79. The number of halogens is 1. The second-order valence-electron chi connectivity index (χ2n) is 6.68. The van der Waals surface area contributed by atoms with E-state index in [0.29, 0.717) is 13.1 Å². The lowest BCUT2D eigenvalue weighted by atomic mass is 10.1. The van der Waals surface area contributed by atoms with Crippen molar-refractivity contribution in [3.05, 3.63) is 65.0 Å². The Hall–Kier alpha value is -2.25. The Morgan fingerprint density at radius 3 is 2.56 bits per heavy atom. The summed E-state index contributed by atoms with van der Waals surface area (Å²) in [6, 6.07) is 10.8. The van der Waals surface area contributed by atoms with E-state index < -0.39 is 26.7 Å². The monoisotopic (exact) mass is 391 g/mol. The molecule has 0 radical (unpaired) electrons. The van der Waals surface area contributed by atoms with Gasteiger partial charge in [-0.15, -0.1) is 0 Å². The van der Waals surface area contributed by atoms with Crippen LogP contribution in [0.3, 0.4) is 0 Å². The van der Waals surface area contributed by atoms with Crippen LogP contribution in [0.2, 0.25) is 0 Å². The molecular formula is C20H22FNO4S. The zero-order valence-electron chi connectivity index (χ0n) is 15.2. The molecule has 2 aromatic rings. The molecule has 144 valence electrons. The van der Waals surface area contributed by atoms with Gasteiger partial charge in [-0.05, 0) is 43.5 Å². The van der Waals surface area contributed by atoms with Crippen molar-refractivity contribution in [2.75, 3.05) is 13.1 Å². The number of hydrogen-bond acceptors (Lipinski definition) is 4. The van der Waals surface area contributed by atoms with Gasteiger partial charge in [-0.3, -0.25) is 0 Å². The molecular weight excluding hydrogens is 369 g/mol. The molecule has 0 amide bonds. The average molecular weight is 391 g/mol. The molecule has 5 nitrogen and oxygen atoms in total. The minimum Gasteiger partial charge on any atom is -0.457 e. The van der Waals surface area contributed by atoms with Crippen LogP contribution in [0.1, 0.15) is 40.7 Å². The van der Waals surface area contributed by atoms with Crippen molar-refractivity contribution in [3.8, 4) is 0 Å². The molecule has 0 aromatic heterocycles. The van der Waals surface area contributed by atoms with Crippen LogP contribution < -0.4 is 0 Å². The van der Waals surface area contributed by atoms with Crippen LogP contribution in [-0.4, -0.2) is 31.8 Å². The summed E-state index contributed by atoms with van der Waals surface area (Å²) in [6.07, 6.45) is 2.46. The summed E-state index contributed by atoms with van der Waals surface area (Å²) >= 11 is 0. The third kappa shape index (κ3) is 4.54. The summed E-state index contributed by atoms with van der Waals surface area (Å²) in [5.41, 5.74) is 1.88. The first-order valence-electron chi connectivity index (χ1n) is 8.90. The summed E-state index contributed by atoms with van der Waals surface area (Å²) in [5, 5.41) is 0. The molecule has 1 aliphatic rings. The van der Waals surface area contributed by atoms with Crippen molar-refractivity contribution in [3.63, 3.8) is 0 Å². The fourth-order valence-electron chi connectivity index (χ4n) is 3.11. The standard InChI is InChI=1S/C20H22FNO4S/c1-15-6-5-7-16(12-15)14-26-20(23)17-8-9-18(21)19(13-17)27(24,25)22-10-3-2-4-11-22/h5-9,12-13H,2-4,10-11,14H2,1H3. The number of hydrogen-bond donors (Lipinski definition) is 0. The van der Waals surface area contributed by atoms with E-state index in [1.54, 1.807) is 0 Å². The predicted molar refractivity (Wildman–Crippen MR) is 99.3 cm³/mol. The number of benzene rings is 2. The molecule has 7 heteroatoms. The molecule has 1 aliphatic heterocycles. The van der Waals surface area contributed by atoms with Gasteiger partial charge >= 0.3 is 5.97 Å². The Kier molecular flexibility index (Phi) is 5.92. The number of carbonyl (C=O) groups excluding carboxylic acids is 1. The Morgan fingerprint density at radius 2 is 1.85 bits per heavy atom. The maximum absolute atomic E-state index is 14.2. The molecule has 1 saturated heterocycles. The number of nitrogens with zero attached hydrogens (tertiary/aromatic N) is 1. The van der Waals surface area contributed by atoms with E-state index >= 15 is 0 Å². The van der Waals surface area contributed by atoms with Crippen molar-refractivity contribution in [2.24, 2.45) is 0 Å². The van der Waals surface area contributed by atoms with Gasteiger partial charge in [-0.2, -0.15) is 4.31 Å². The van der Waals surface area contributed by atoms with Crippen LogP contribution in [0.15, 0.2) is 47.4 Å². The number of esters is 1. The van der Waals surface area contributed by atoms with Gasteiger partial charge in [0.2, 0.25) is 10.0 Å². The lowest BCUT2D eigenvalue weighted by Gasteiger charge is -2.26. The third-order valence-electron chi connectivity index (χ3n) is 4.55. The minimum absolute atomic E-state index is 0.0136. The van der Waals surface area contributed by atoms with E-state index in [-0.39, 0.29) is 12.2 Å². The highest BCUT2D eigenvalue weighted by molar-refractivity contribution is 7.89. The smallest absolute Gasteiger partial charge is 0.338 e. The maximum Gasteiger partial charge on any atom is 0.338 e. The van der Waals surface area contributed by atoms with Crippen molar-refractivity contribution in [1.82, 2.24) is 4.31 Å². The molecule has 0 saturated carbocycles. The van der Waals surface area contributed by atoms with Crippen molar-refractivity contribution in [1.29, 1.82) is 0 Å². The molecule has 1 heterocycles. The zero-order valence-corrected chi connectivity index (χ0v) is 16.0. The van der Waals surface area contributed by atoms with E-state index in [0.717, 1.165) is 42.5 Å². The predicted octanol–water partition coefficient (Wildman–Crippen LogP) is 3.67. The molecule has 2 aromatic carbocycles. The second-order valence-corrected chi connectivity index (χ2v) is 8.58. The van der Waals surface area contributed by atoms with E-state index in [1.807, 2.05) is 31.2 Å².